The van der Waals surface area contributed by atoms with Gasteiger partial charge in [0.1, 0.15) is 18.3 Å². The molecule has 0 aromatic heterocycles. The van der Waals surface area contributed by atoms with Crippen molar-refractivity contribution >= 4 is 121 Å². The Bertz CT molecular complexity index is 1640. The van der Waals surface area contributed by atoms with Gasteiger partial charge in [-0.05, 0) is 220 Å². The summed E-state index contributed by atoms with van der Waals surface area (Å²) in [6, 6.07) is 3.39. The minimum Gasteiger partial charge on any atom is -0.439 e. The quantitative estimate of drug-likeness (QED) is 0.0245. The fraction of sp³-hybridized carbons (Fsp3) is 1.00. The number of aliphatic hydroxyl groups is 6. The predicted molar refractivity (Wildman–Crippen MR) is 532 cm³/mol. The first-order valence-electron chi connectivity index (χ1n) is 29.9. The van der Waals surface area contributed by atoms with Crippen LogP contribution in [0.3, 0.4) is 0 Å². The molecule has 0 aromatic rings. The number of ether oxygens (including phenoxy) is 3. The molecule has 690 valence electrons. The Morgan fingerprint density at radius 2 is 0.453 bits per heavy atom. The van der Waals surface area contributed by atoms with Gasteiger partial charge in [0.15, 0.2) is 49.9 Å². The molecule has 0 saturated carbocycles. The van der Waals surface area contributed by atoms with Crippen LogP contribution < -0.4 is 0 Å². The second-order valence-corrected chi connectivity index (χ2v) is 80.7. The molecule has 0 aromatic carbocycles. The van der Waals surface area contributed by atoms with Crippen molar-refractivity contribution in [1.82, 2.24) is 0 Å². The van der Waals surface area contributed by atoms with Crippen LogP contribution in [-0.4, -0.2) is 229 Å². The van der Waals surface area contributed by atoms with Gasteiger partial charge in [-0.1, -0.05) is 192 Å². The van der Waals surface area contributed by atoms with Gasteiger partial charge in [-0.25, -0.2) is 0 Å². The van der Waals surface area contributed by atoms with Gasteiger partial charge in [0.05, 0.1) is 39.6 Å². The Balaban J connectivity index is -0.0000000319. The second kappa shape index (κ2) is 88.1. The molecule has 0 aliphatic carbocycles. The summed E-state index contributed by atoms with van der Waals surface area (Å²) in [4.78, 5) is 0. The van der Waals surface area contributed by atoms with E-state index in [0.717, 1.165) is 49.9 Å². The monoisotopic (exact) mass is 1800 g/mol. The summed E-state index contributed by atoms with van der Waals surface area (Å²) in [5.41, 5.74) is 0. The molecule has 0 fully saturated rings. The summed E-state index contributed by atoms with van der Waals surface area (Å²) in [6.07, 6.45) is 0.960. The highest BCUT2D eigenvalue weighted by molar-refractivity contribution is 6.89. The van der Waals surface area contributed by atoms with E-state index in [2.05, 4.69) is 184 Å². The maximum absolute atomic E-state index is 9.42. The highest BCUT2D eigenvalue weighted by Crippen LogP contribution is 2.31. The van der Waals surface area contributed by atoms with E-state index in [1.807, 2.05) is 0 Å². The van der Waals surface area contributed by atoms with E-state index in [-0.39, 0.29) is 218 Å². The SMILES string of the molecule is C.C.C.C.C.C.C.C.C.C.C.C.C.C.C.C.C.C.C.C.C.C.C.C.CCC[Si](C)(O[SiH](C)O[Si](C)(C)C)O[Si](C)(CCCOCC(O)CO)O[Si](C)(C)C.C[SiH](O[Si](C)(C)C)O[Si](C)(CCCOCC(O)CO)O[Si](C)(C)C.C[SiH](O[Si](C)(C)O[Si](C)(C)C)O[Si](C)(CCCOCC(O)CO)O[Si](C)(C)C. The lowest BCUT2D eigenvalue weighted by Crippen LogP contribution is -2.57. The Hall–Kier alpha value is 2.24. The molecule has 106 heavy (non-hydrogen) atoms. The Labute approximate surface area is 695 Å². The van der Waals surface area contributed by atoms with E-state index >= 15 is 0 Å². The number of aliphatic hydroxyl groups excluding tert-OH is 6. The van der Waals surface area contributed by atoms with Crippen LogP contribution in [0.1, 0.15) is 211 Å². The Morgan fingerprint density at radius 3 is 0.651 bits per heavy atom. The van der Waals surface area contributed by atoms with E-state index < -0.39 is 139 Å². The highest BCUT2D eigenvalue weighted by atomic mass is 28.5. The summed E-state index contributed by atoms with van der Waals surface area (Å²) in [6.45, 7) is 61.7. The maximum atomic E-state index is 9.42. The molecule has 34 heteroatoms. The number of hydrogen-bond donors (Lipinski definition) is 6. The van der Waals surface area contributed by atoms with Gasteiger partial charge in [-0.15, -0.1) is 0 Å². The number of rotatable bonds is 45. The van der Waals surface area contributed by atoms with Crippen LogP contribution in [0.15, 0.2) is 0 Å². The van der Waals surface area contributed by atoms with Crippen LogP contribution in [0.25, 0.3) is 0 Å². The van der Waals surface area contributed by atoms with Crippen LogP contribution in [0.4, 0.5) is 0 Å². The summed E-state index contributed by atoms with van der Waals surface area (Å²) in [7, 11) is -27.5. The largest absolute Gasteiger partial charge is 0.439 e. The normalized spacial score (nSPS) is 14.3. The predicted octanol–water partition coefficient (Wildman–Crippen LogP) is 24.6. The fourth-order valence-corrected chi connectivity index (χ4v) is 65.3. The lowest BCUT2D eigenvalue weighted by atomic mass is 10.4. The molecule has 0 spiro atoms. The lowest BCUT2D eigenvalue weighted by molar-refractivity contribution is 0.00623. The summed E-state index contributed by atoms with van der Waals surface area (Å²) in [5.74, 6) is 0. The van der Waals surface area contributed by atoms with Gasteiger partial charge < -0.3 is 90.1 Å². The third-order valence-corrected chi connectivity index (χ3v) is 57.8. The minimum absolute atomic E-state index is 0. The molecular weight excluding hydrogens is 1580 g/mol. The van der Waals surface area contributed by atoms with E-state index in [1.165, 1.54) is 0 Å². The average molecular weight is 1810 g/mol. The van der Waals surface area contributed by atoms with Crippen molar-refractivity contribution in [2.75, 3.05) is 59.5 Å². The number of hydrogen-bond acceptors (Lipinski definition) is 20. The van der Waals surface area contributed by atoms with Gasteiger partial charge in [-0.3, -0.25) is 0 Å². The van der Waals surface area contributed by atoms with Crippen LogP contribution in [0, 0.1) is 0 Å². The van der Waals surface area contributed by atoms with Gasteiger partial charge in [0.2, 0.25) is 0 Å². The highest BCUT2D eigenvalue weighted by Gasteiger charge is 2.46. The van der Waals surface area contributed by atoms with Gasteiger partial charge in [0, 0.05) is 19.8 Å². The van der Waals surface area contributed by atoms with Crippen molar-refractivity contribution in [1.29, 1.82) is 0 Å². The van der Waals surface area contributed by atoms with Crippen molar-refractivity contribution < 1.29 is 90.1 Å². The van der Waals surface area contributed by atoms with Gasteiger partial charge in [0.25, 0.3) is 18.6 Å². The molecule has 0 saturated heterocycles. The lowest BCUT2D eigenvalue weighted by Gasteiger charge is -2.42. The van der Waals surface area contributed by atoms with E-state index in [1.54, 1.807) is 0 Å². The van der Waals surface area contributed by atoms with E-state index in [9.17, 15) is 15.3 Å². The van der Waals surface area contributed by atoms with E-state index in [4.69, 9.17) is 74.8 Å². The first kappa shape index (κ1) is 189. The zero-order chi connectivity index (χ0) is 64.9. The molecule has 0 rings (SSSR count). The second-order valence-electron chi connectivity index (χ2n) is 28.3. The van der Waals surface area contributed by atoms with Crippen molar-refractivity contribution in [2.45, 2.75) is 430 Å². The molecule has 0 heterocycles. The average Bonchev–Trinajstić information content (AvgIpc) is 3.21. The van der Waals surface area contributed by atoms with Gasteiger partial charge in [-0.2, -0.15) is 0 Å². The smallest absolute Gasteiger partial charge is 0.317 e. The molecule has 20 nitrogen and oxygen atoms in total. The fourth-order valence-electron chi connectivity index (χ4n) is 8.96. The first-order valence-corrected chi connectivity index (χ1v) is 69.6. The topological polar surface area (TPSA) is 251 Å². The summed E-state index contributed by atoms with van der Waals surface area (Å²) >= 11 is 0. The molecule has 10 atom stereocenters. The molecular formula is C72H226O20Si14. The molecule has 0 aliphatic heterocycles. The Morgan fingerprint density at radius 1 is 0.255 bits per heavy atom. The van der Waals surface area contributed by atoms with Crippen LogP contribution >= 0.6 is 0 Å². The van der Waals surface area contributed by atoms with Crippen molar-refractivity contribution in [2.24, 2.45) is 0 Å². The third-order valence-electron chi connectivity index (χ3n) is 10.3. The zero-order valence-corrected chi connectivity index (χ0v) is 71.8. The van der Waals surface area contributed by atoms with E-state index in [0.29, 0.717) is 19.8 Å². The summed E-state index contributed by atoms with van der Waals surface area (Å²) < 4.78 is 87.3. The standard InChI is InChI=1S/C18H48O7Si5.C16H44O7Si5.C14H38O6Si4.24CH4/c1-11-14-29(9,23-26(2)22-27(3,4)5)25-30(10,24-28(6,7)8)15-12-13-21-17-18(20)16-19;1-24(20-27(8,9)22-25(2,3)4)21-28(10,23-26(5,6)7)13-11-12-19-15-16(18)14-17;1-21(18-22(2,3)4)19-24(8,20-23(5,6)7)11-9-10-17-13-14(16)12-15;;;;;;;;;;;;;;;;;;;;;;;;/h18-20,26H,11-17H2,1-10H3;16-18,24H,11-15H2,1-10H3;14-16,21H,9-13H2,1-8H3;24*1H4. The van der Waals surface area contributed by atoms with Crippen LogP contribution in [0.2, 0.25) is 201 Å². The molecule has 0 radical (unpaired) electrons. The van der Waals surface area contributed by atoms with Crippen molar-refractivity contribution in [3.8, 4) is 0 Å². The van der Waals surface area contributed by atoms with Gasteiger partial charge >= 0.3 is 52.1 Å². The molecule has 0 aliphatic rings. The minimum atomic E-state index is -2.48. The molecule has 6 N–H and O–H groups in total. The van der Waals surface area contributed by atoms with Crippen LogP contribution in [-0.2, 0) is 59.5 Å². The molecule has 0 bridgehead atoms. The zero-order valence-electron chi connectivity index (χ0n) is 57.4. The van der Waals surface area contributed by atoms with Crippen molar-refractivity contribution in [3.05, 3.63) is 0 Å². The first-order chi connectivity index (χ1) is 36.8. The molecule has 10 unspecified atom stereocenters. The molecule has 0 amide bonds. The summed E-state index contributed by atoms with van der Waals surface area (Å²) in [5, 5.41) is 54.6. The third kappa shape index (κ3) is 119. The van der Waals surface area contributed by atoms with Crippen LogP contribution in [0.5, 0.6) is 0 Å². The van der Waals surface area contributed by atoms with Crippen molar-refractivity contribution in [3.63, 3.8) is 0 Å². The maximum Gasteiger partial charge on any atom is 0.317 e. The Kier molecular flexibility index (Phi) is 157.